The second kappa shape index (κ2) is 5.72. The van der Waals surface area contributed by atoms with Crippen LogP contribution >= 0.6 is 11.6 Å². The Kier molecular flexibility index (Phi) is 3.96. The third-order valence-electron chi connectivity index (χ3n) is 3.98. The highest BCUT2D eigenvalue weighted by Gasteiger charge is 2.35. The number of rotatable bonds is 1. The van der Waals surface area contributed by atoms with Crippen molar-refractivity contribution >= 4 is 17.5 Å². The first-order valence-electron chi connectivity index (χ1n) is 6.96. The summed E-state index contributed by atoms with van der Waals surface area (Å²) in [5, 5.41) is 0.599. The number of hydrogen-bond donors (Lipinski definition) is 0. The van der Waals surface area contributed by atoms with Crippen molar-refractivity contribution in [2.75, 3.05) is 39.9 Å². The number of halogens is 1. The van der Waals surface area contributed by atoms with E-state index in [1.807, 2.05) is 17.0 Å². The van der Waals surface area contributed by atoms with Gasteiger partial charge in [0.05, 0.1) is 19.3 Å². The molecule has 5 heteroatoms. The first-order valence-corrected chi connectivity index (χ1v) is 7.34. The second-order valence-electron chi connectivity index (χ2n) is 5.75. The lowest BCUT2D eigenvalue weighted by atomic mass is 10.1. The van der Waals surface area contributed by atoms with Crippen LogP contribution in [-0.2, 0) is 4.74 Å². The molecule has 0 aliphatic carbocycles. The summed E-state index contributed by atoms with van der Waals surface area (Å²) < 4.78 is 5.70. The lowest BCUT2D eigenvalue weighted by molar-refractivity contribution is 0.0483. The van der Waals surface area contributed by atoms with Crippen LogP contribution in [-0.4, -0.2) is 61.6 Å². The van der Waals surface area contributed by atoms with Crippen LogP contribution < -0.4 is 0 Å². The third kappa shape index (κ3) is 2.82. The Hall–Kier alpha value is -1.10. The zero-order valence-electron chi connectivity index (χ0n) is 11.6. The normalized spacial score (nSPS) is 27.2. The molecule has 2 heterocycles. The minimum Gasteiger partial charge on any atom is -0.379 e. The molecule has 2 aliphatic rings. The fraction of sp³-hybridized carbons (Fsp3) is 0.533. The van der Waals surface area contributed by atoms with Crippen LogP contribution in [0.4, 0.5) is 0 Å². The maximum atomic E-state index is 12.7. The van der Waals surface area contributed by atoms with E-state index in [2.05, 4.69) is 11.9 Å². The highest BCUT2D eigenvalue weighted by molar-refractivity contribution is 6.30. The van der Waals surface area contributed by atoms with Crippen LogP contribution in [0, 0.1) is 5.92 Å². The van der Waals surface area contributed by atoms with Crippen molar-refractivity contribution in [3.63, 3.8) is 0 Å². The number of nitrogens with zero attached hydrogens (tertiary/aromatic N) is 2. The quantitative estimate of drug-likeness (QED) is 0.791. The number of carbonyl (C=O) groups excluding carboxylic acids is 1. The second-order valence-corrected chi connectivity index (χ2v) is 6.18. The first kappa shape index (κ1) is 13.9. The topological polar surface area (TPSA) is 32.8 Å². The van der Waals surface area contributed by atoms with E-state index in [0.717, 1.165) is 26.2 Å². The van der Waals surface area contributed by atoms with Gasteiger partial charge in [-0.25, -0.2) is 0 Å². The zero-order valence-corrected chi connectivity index (χ0v) is 12.3. The molecule has 0 aromatic heterocycles. The van der Waals surface area contributed by atoms with E-state index in [-0.39, 0.29) is 11.9 Å². The fourth-order valence-electron chi connectivity index (χ4n) is 3.11. The molecule has 0 saturated carbocycles. The van der Waals surface area contributed by atoms with Gasteiger partial charge in [0, 0.05) is 36.1 Å². The molecule has 108 valence electrons. The third-order valence-corrected chi connectivity index (χ3v) is 4.22. The predicted molar refractivity (Wildman–Crippen MR) is 78.1 cm³/mol. The summed E-state index contributed by atoms with van der Waals surface area (Å²) in [6.07, 6.45) is 0. The van der Waals surface area contributed by atoms with Gasteiger partial charge in [-0.2, -0.15) is 0 Å². The van der Waals surface area contributed by atoms with Gasteiger partial charge in [-0.1, -0.05) is 17.7 Å². The van der Waals surface area contributed by atoms with Gasteiger partial charge in [-0.15, -0.1) is 0 Å². The van der Waals surface area contributed by atoms with Crippen molar-refractivity contribution in [3.8, 4) is 0 Å². The molecule has 20 heavy (non-hydrogen) atoms. The van der Waals surface area contributed by atoms with E-state index in [9.17, 15) is 4.79 Å². The Labute approximate surface area is 124 Å². The molecular weight excluding hydrogens is 276 g/mol. The number of hydrogen-bond acceptors (Lipinski definition) is 3. The summed E-state index contributed by atoms with van der Waals surface area (Å²) in [5.41, 5.74) is 0.660. The molecule has 2 fully saturated rings. The van der Waals surface area contributed by atoms with Gasteiger partial charge in [0.15, 0.2) is 0 Å². The van der Waals surface area contributed by atoms with E-state index in [1.54, 1.807) is 12.1 Å². The Morgan fingerprint density at radius 2 is 2.15 bits per heavy atom. The summed E-state index contributed by atoms with van der Waals surface area (Å²) in [6, 6.07) is 7.30. The van der Waals surface area contributed by atoms with Crippen LogP contribution in [0.3, 0.4) is 0 Å². The molecule has 1 aromatic rings. The van der Waals surface area contributed by atoms with Gasteiger partial charge in [0.25, 0.3) is 5.91 Å². The van der Waals surface area contributed by atoms with E-state index >= 15 is 0 Å². The molecule has 0 unspecified atom stereocenters. The molecule has 2 saturated heterocycles. The van der Waals surface area contributed by atoms with Gasteiger partial charge < -0.3 is 14.5 Å². The standard InChI is InChI=1S/C15H19ClN2O2/c1-17-6-11-7-18(14(8-17)10-20-9-11)15(19)12-3-2-4-13(16)5-12/h2-5,11,14H,6-10H2,1H3/t11-,14-/m0/s1. The summed E-state index contributed by atoms with van der Waals surface area (Å²) in [4.78, 5) is 17.0. The Balaban J connectivity index is 1.86. The SMILES string of the molecule is CN1C[C@@H]2COC[C@H](C1)N(C(=O)c1cccc(Cl)c1)C2. The summed E-state index contributed by atoms with van der Waals surface area (Å²) >= 11 is 5.99. The molecule has 2 bridgehead atoms. The Bertz CT molecular complexity index is 508. The van der Waals surface area contributed by atoms with Crippen molar-refractivity contribution in [1.29, 1.82) is 0 Å². The van der Waals surface area contributed by atoms with Gasteiger partial charge in [0.1, 0.15) is 0 Å². The van der Waals surface area contributed by atoms with Gasteiger partial charge >= 0.3 is 0 Å². The monoisotopic (exact) mass is 294 g/mol. The van der Waals surface area contributed by atoms with E-state index < -0.39 is 0 Å². The van der Waals surface area contributed by atoms with Crippen LogP contribution in [0.5, 0.6) is 0 Å². The Morgan fingerprint density at radius 1 is 1.30 bits per heavy atom. The molecule has 0 N–H and O–H groups in total. The minimum atomic E-state index is 0.0586. The van der Waals surface area contributed by atoms with Crippen molar-refractivity contribution in [1.82, 2.24) is 9.80 Å². The van der Waals surface area contributed by atoms with Crippen LogP contribution in [0.15, 0.2) is 24.3 Å². The first-order chi connectivity index (χ1) is 9.63. The average Bonchev–Trinajstić information content (AvgIpc) is 2.68. The van der Waals surface area contributed by atoms with Gasteiger partial charge in [0.2, 0.25) is 0 Å². The van der Waals surface area contributed by atoms with Crippen LogP contribution in [0.2, 0.25) is 5.02 Å². The highest BCUT2D eigenvalue weighted by atomic mass is 35.5. The van der Waals surface area contributed by atoms with Crippen molar-refractivity contribution < 1.29 is 9.53 Å². The fourth-order valence-corrected chi connectivity index (χ4v) is 3.30. The maximum Gasteiger partial charge on any atom is 0.254 e. The van der Waals surface area contributed by atoms with E-state index in [0.29, 0.717) is 23.1 Å². The number of likely N-dealkylation sites (N-methyl/N-ethyl adjacent to an activating group) is 1. The van der Waals surface area contributed by atoms with Crippen molar-refractivity contribution in [2.45, 2.75) is 6.04 Å². The molecule has 4 nitrogen and oxygen atoms in total. The summed E-state index contributed by atoms with van der Waals surface area (Å²) in [5.74, 6) is 0.443. The van der Waals surface area contributed by atoms with Crippen LogP contribution in [0.1, 0.15) is 10.4 Å². The molecule has 1 aromatic carbocycles. The Morgan fingerprint density at radius 3 is 2.95 bits per heavy atom. The summed E-state index contributed by atoms with van der Waals surface area (Å²) in [6.45, 7) is 3.96. The smallest absolute Gasteiger partial charge is 0.254 e. The number of benzene rings is 1. The highest BCUT2D eigenvalue weighted by Crippen LogP contribution is 2.22. The molecule has 0 radical (unpaired) electrons. The number of fused-ring (bicyclic) bond motifs is 3. The number of carbonyl (C=O) groups is 1. The van der Waals surface area contributed by atoms with Gasteiger partial charge in [-0.05, 0) is 25.2 Å². The average molecular weight is 295 g/mol. The van der Waals surface area contributed by atoms with E-state index in [4.69, 9.17) is 16.3 Å². The van der Waals surface area contributed by atoms with Crippen molar-refractivity contribution in [3.05, 3.63) is 34.9 Å². The number of ether oxygens (including phenoxy) is 1. The minimum absolute atomic E-state index is 0.0586. The van der Waals surface area contributed by atoms with E-state index in [1.165, 1.54) is 0 Å². The largest absolute Gasteiger partial charge is 0.379 e. The van der Waals surface area contributed by atoms with Gasteiger partial charge in [-0.3, -0.25) is 4.79 Å². The molecular formula is C15H19ClN2O2. The molecule has 2 aliphatic heterocycles. The molecule has 2 atom stereocenters. The summed E-state index contributed by atoms with van der Waals surface area (Å²) in [7, 11) is 2.11. The zero-order chi connectivity index (χ0) is 14.1. The lowest BCUT2D eigenvalue weighted by Crippen LogP contribution is -2.45. The lowest BCUT2D eigenvalue weighted by Gasteiger charge is -2.29. The van der Waals surface area contributed by atoms with Crippen LogP contribution in [0.25, 0.3) is 0 Å². The van der Waals surface area contributed by atoms with Crippen molar-refractivity contribution in [2.24, 2.45) is 5.92 Å². The number of amides is 1. The molecule has 0 spiro atoms. The maximum absolute atomic E-state index is 12.7. The predicted octanol–water partition coefficient (Wildman–Crippen LogP) is 1.74. The molecule has 3 rings (SSSR count). The molecule has 1 amide bonds.